The third-order valence-corrected chi connectivity index (χ3v) is 1.53. The van der Waals surface area contributed by atoms with E-state index in [4.69, 9.17) is 10.4 Å². The molecule has 0 saturated heterocycles. The molecule has 4 nitrogen and oxygen atoms in total. The number of carboxylic acid groups (broad SMARTS) is 1. The zero-order valence-corrected chi connectivity index (χ0v) is 7.34. The Bertz CT molecular complexity index is 388. The fourth-order valence-electron chi connectivity index (χ4n) is 0.863. The van der Waals surface area contributed by atoms with Crippen LogP contribution in [-0.2, 0) is 0 Å². The van der Waals surface area contributed by atoms with Crippen LogP contribution in [0, 0.1) is 11.3 Å². The van der Waals surface area contributed by atoms with E-state index in [9.17, 15) is 4.79 Å². The number of allylic oxidation sites excluding steroid dienone is 1. The maximum atomic E-state index is 10.5. The second-order valence-corrected chi connectivity index (χ2v) is 2.54. The number of nitrogens with zero attached hydrogens (tertiary/aromatic N) is 2. The summed E-state index contributed by atoms with van der Waals surface area (Å²) in [5.74, 6) is -0.995. The van der Waals surface area contributed by atoms with E-state index in [1.807, 2.05) is 6.07 Å². The molecule has 14 heavy (non-hydrogen) atoms. The lowest BCUT2D eigenvalue weighted by molar-refractivity contribution is 0.0696. The molecule has 1 heterocycles. The minimum absolute atomic E-state index is 0.155. The van der Waals surface area contributed by atoms with Gasteiger partial charge in [0.1, 0.15) is 0 Å². The molecule has 0 bridgehead atoms. The first-order valence-electron chi connectivity index (χ1n) is 3.97. The molecule has 1 aromatic rings. The van der Waals surface area contributed by atoms with Gasteiger partial charge in [-0.05, 0) is 18.2 Å². The first-order chi connectivity index (χ1) is 6.74. The number of hydrogen-bond donors (Lipinski definition) is 1. The van der Waals surface area contributed by atoms with Gasteiger partial charge in [0.05, 0.1) is 23.7 Å². The summed E-state index contributed by atoms with van der Waals surface area (Å²) in [6, 6.07) is 5.03. The molecular formula is C10H8N2O2. The molecule has 0 saturated carbocycles. The van der Waals surface area contributed by atoms with Crippen molar-refractivity contribution in [1.29, 1.82) is 5.26 Å². The topological polar surface area (TPSA) is 74.0 Å². The summed E-state index contributed by atoms with van der Waals surface area (Å²) in [6.45, 7) is 0. The highest BCUT2D eigenvalue weighted by atomic mass is 16.4. The maximum absolute atomic E-state index is 10.5. The Morgan fingerprint density at radius 2 is 2.43 bits per heavy atom. The summed E-state index contributed by atoms with van der Waals surface area (Å²) in [4.78, 5) is 14.4. The number of hydrogen-bond acceptors (Lipinski definition) is 3. The van der Waals surface area contributed by atoms with Gasteiger partial charge in [-0.3, -0.25) is 4.98 Å². The Kier molecular flexibility index (Phi) is 3.39. The zero-order chi connectivity index (χ0) is 10.4. The van der Waals surface area contributed by atoms with Crippen LogP contribution in [-0.4, -0.2) is 16.1 Å². The minimum Gasteiger partial charge on any atom is -0.478 e. The Labute approximate surface area is 81.1 Å². The number of rotatable bonds is 3. The molecule has 0 unspecified atom stereocenters. The van der Waals surface area contributed by atoms with Crippen molar-refractivity contribution in [1.82, 2.24) is 4.98 Å². The van der Waals surface area contributed by atoms with Crippen molar-refractivity contribution in [3.05, 3.63) is 35.7 Å². The molecule has 0 radical (unpaired) electrons. The predicted octanol–water partition coefficient (Wildman–Crippen LogP) is 1.71. The van der Waals surface area contributed by atoms with Crippen LogP contribution in [0.25, 0.3) is 6.08 Å². The number of carboxylic acids is 1. The lowest BCUT2D eigenvalue weighted by Gasteiger charge is -1.94. The lowest BCUT2D eigenvalue weighted by atomic mass is 10.2. The van der Waals surface area contributed by atoms with E-state index < -0.39 is 5.97 Å². The fraction of sp³-hybridized carbons (Fsp3) is 0.100. The van der Waals surface area contributed by atoms with Gasteiger partial charge in [-0.25, -0.2) is 4.79 Å². The van der Waals surface area contributed by atoms with E-state index in [-0.39, 0.29) is 5.56 Å². The van der Waals surface area contributed by atoms with Gasteiger partial charge < -0.3 is 5.11 Å². The monoisotopic (exact) mass is 188 g/mol. The normalized spacial score (nSPS) is 9.93. The molecule has 0 aromatic carbocycles. The predicted molar refractivity (Wildman–Crippen MR) is 50.5 cm³/mol. The molecule has 4 heteroatoms. The Morgan fingerprint density at radius 1 is 1.64 bits per heavy atom. The first-order valence-corrected chi connectivity index (χ1v) is 3.97. The van der Waals surface area contributed by atoms with Crippen LogP contribution in [0.3, 0.4) is 0 Å². The van der Waals surface area contributed by atoms with Crippen molar-refractivity contribution < 1.29 is 9.90 Å². The van der Waals surface area contributed by atoms with Crippen LogP contribution >= 0.6 is 0 Å². The summed E-state index contributed by atoms with van der Waals surface area (Å²) in [5.41, 5.74) is 0.799. The van der Waals surface area contributed by atoms with Gasteiger partial charge in [0, 0.05) is 6.20 Å². The molecule has 0 aliphatic carbocycles. The highest BCUT2D eigenvalue weighted by Gasteiger charge is 2.00. The molecule has 0 aliphatic heterocycles. The number of pyridine rings is 1. The third kappa shape index (κ3) is 2.72. The number of aromatic carboxylic acids is 1. The van der Waals surface area contributed by atoms with E-state index in [0.29, 0.717) is 12.1 Å². The van der Waals surface area contributed by atoms with Gasteiger partial charge in [-0.15, -0.1) is 0 Å². The van der Waals surface area contributed by atoms with E-state index >= 15 is 0 Å². The Balaban J connectivity index is 2.74. The van der Waals surface area contributed by atoms with Crippen LogP contribution < -0.4 is 0 Å². The molecular weight excluding hydrogens is 180 g/mol. The number of carbonyl (C=O) groups is 1. The van der Waals surface area contributed by atoms with Crippen LogP contribution in [0.15, 0.2) is 24.4 Å². The largest absolute Gasteiger partial charge is 0.478 e. The highest BCUT2D eigenvalue weighted by molar-refractivity contribution is 5.87. The SMILES string of the molecule is N#CCC=Cc1ccc(C(=O)O)cn1. The van der Waals surface area contributed by atoms with Crippen molar-refractivity contribution in [2.24, 2.45) is 0 Å². The van der Waals surface area contributed by atoms with Crippen LogP contribution in [0.1, 0.15) is 22.5 Å². The molecule has 1 aromatic heterocycles. The summed E-state index contributed by atoms with van der Waals surface area (Å²) in [7, 11) is 0. The van der Waals surface area contributed by atoms with Crippen molar-refractivity contribution in [3.63, 3.8) is 0 Å². The van der Waals surface area contributed by atoms with E-state index in [1.165, 1.54) is 12.3 Å². The molecule has 0 aliphatic rings. The average Bonchev–Trinajstić information content (AvgIpc) is 2.19. The van der Waals surface area contributed by atoms with E-state index in [1.54, 1.807) is 18.2 Å². The van der Waals surface area contributed by atoms with Gasteiger partial charge in [-0.2, -0.15) is 5.26 Å². The minimum atomic E-state index is -0.995. The quantitative estimate of drug-likeness (QED) is 0.783. The molecule has 1 N–H and O–H groups in total. The molecule has 0 spiro atoms. The molecule has 0 atom stereocenters. The molecule has 0 amide bonds. The van der Waals surface area contributed by atoms with Gasteiger partial charge in [0.25, 0.3) is 0 Å². The van der Waals surface area contributed by atoms with E-state index in [2.05, 4.69) is 4.98 Å². The number of nitriles is 1. The first kappa shape index (κ1) is 9.93. The smallest absolute Gasteiger partial charge is 0.337 e. The van der Waals surface area contributed by atoms with Gasteiger partial charge in [-0.1, -0.05) is 6.08 Å². The van der Waals surface area contributed by atoms with Crippen molar-refractivity contribution in [2.75, 3.05) is 0 Å². The van der Waals surface area contributed by atoms with Crippen molar-refractivity contribution >= 4 is 12.0 Å². The van der Waals surface area contributed by atoms with Gasteiger partial charge in [0.15, 0.2) is 0 Å². The second kappa shape index (κ2) is 4.77. The number of aromatic nitrogens is 1. The second-order valence-electron chi connectivity index (χ2n) is 2.54. The average molecular weight is 188 g/mol. The van der Waals surface area contributed by atoms with E-state index in [0.717, 1.165) is 0 Å². The Morgan fingerprint density at radius 3 is 2.93 bits per heavy atom. The molecule has 1 rings (SSSR count). The van der Waals surface area contributed by atoms with Crippen LogP contribution in [0.2, 0.25) is 0 Å². The molecule has 0 fully saturated rings. The van der Waals surface area contributed by atoms with Crippen LogP contribution in [0.4, 0.5) is 0 Å². The summed E-state index contributed by atoms with van der Waals surface area (Å²) < 4.78 is 0. The third-order valence-electron chi connectivity index (χ3n) is 1.53. The van der Waals surface area contributed by atoms with Crippen molar-refractivity contribution in [3.8, 4) is 6.07 Å². The summed E-state index contributed by atoms with van der Waals surface area (Å²) in [6.07, 6.45) is 4.95. The highest BCUT2D eigenvalue weighted by Crippen LogP contribution is 2.02. The Hall–Kier alpha value is -2.15. The van der Waals surface area contributed by atoms with Gasteiger partial charge in [0.2, 0.25) is 0 Å². The van der Waals surface area contributed by atoms with Gasteiger partial charge >= 0.3 is 5.97 Å². The maximum Gasteiger partial charge on any atom is 0.337 e. The summed E-state index contributed by atoms with van der Waals surface area (Å²) in [5, 5.41) is 16.9. The van der Waals surface area contributed by atoms with Crippen molar-refractivity contribution in [2.45, 2.75) is 6.42 Å². The fourth-order valence-corrected chi connectivity index (χ4v) is 0.863. The lowest BCUT2D eigenvalue weighted by Crippen LogP contribution is -1.96. The molecule has 70 valence electrons. The summed E-state index contributed by atoms with van der Waals surface area (Å²) >= 11 is 0. The van der Waals surface area contributed by atoms with Crippen LogP contribution in [0.5, 0.6) is 0 Å². The standard InChI is InChI=1S/C10H8N2O2/c11-6-2-1-3-9-5-4-8(7-12-9)10(13)14/h1,3-5,7H,2H2,(H,13,14). The zero-order valence-electron chi connectivity index (χ0n) is 7.34.